The first-order chi connectivity index (χ1) is 11.1. The molecule has 122 valence electrons. The minimum absolute atomic E-state index is 0.0744. The number of aliphatic hydroxyl groups is 1. The molecule has 0 bridgehead atoms. The summed E-state index contributed by atoms with van der Waals surface area (Å²) in [6.45, 7) is 3.16. The zero-order valence-corrected chi connectivity index (χ0v) is 13.5. The highest BCUT2D eigenvalue weighted by molar-refractivity contribution is 7.12. The van der Waals surface area contributed by atoms with Gasteiger partial charge in [-0.1, -0.05) is 18.2 Å². The number of thiophene rings is 1. The number of benzene rings is 1. The van der Waals surface area contributed by atoms with E-state index in [1.54, 1.807) is 12.1 Å². The molecule has 0 radical (unpaired) electrons. The smallest absolute Gasteiger partial charge is 0.264 e. The molecule has 1 atom stereocenters. The molecule has 6 heteroatoms. The Hall–Kier alpha value is -1.76. The molecule has 1 aromatic heterocycles. The Morgan fingerprint density at radius 3 is 2.65 bits per heavy atom. The fourth-order valence-electron chi connectivity index (χ4n) is 2.75. The van der Waals surface area contributed by atoms with Crippen LogP contribution in [0.4, 0.5) is 4.39 Å². The number of nitrogens with zero attached hydrogens (tertiary/aromatic N) is 2. The van der Waals surface area contributed by atoms with Crippen LogP contribution in [-0.2, 0) is 0 Å². The van der Waals surface area contributed by atoms with E-state index in [0.29, 0.717) is 38.3 Å². The highest BCUT2D eigenvalue weighted by atomic mass is 32.1. The minimum Gasteiger partial charge on any atom is -0.387 e. The largest absolute Gasteiger partial charge is 0.387 e. The molecule has 4 nitrogen and oxygen atoms in total. The van der Waals surface area contributed by atoms with Gasteiger partial charge in [0.2, 0.25) is 0 Å². The van der Waals surface area contributed by atoms with Crippen LogP contribution < -0.4 is 0 Å². The molecule has 1 N–H and O–H groups in total. The highest BCUT2D eigenvalue weighted by Crippen LogP contribution is 2.18. The molecule has 1 aromatic carbocycles. The third-order valence-electron chi connectivity index (χ3n) is 4.06. The maximum absolute atomic E-state index is 13.2. The molecule has 1 saturated heterocycles. The van der Waals surface area contributed by atoms with Gasteiger partial charge in [0.25, 0.3) is 5.91 Å². The molecule has 1 aliphatic rings. The summed E-state index contributed by atoms with van der Waals surface area (Å²) in [5.74, 6) is -0.266. The molecule has 2 heterocycles. The SMILES string of the molecule is O=C(c1cccs1)N1CCN(C[C@@H](O)c2cccc(F)c2)CC1. The summed E-state index contributed by atoms with van der Waals surface area (Å²) in [5, 5.41) is 12.1. The van der Waals surface area contributed by atoms with Gasteiger partial charge in [0.1, 0.15) is 5.82 Å². The van der Waals surface area contributed by atoms with E-state index < -0.39 is 6.10 Å². The summed E-state index contributed by atoms with van der Waals surface area (Å²) in [5.41, 5.74) is 0.585. The van der Waals surface area contributed by atoms with E-state index in [2.05, 4.69) is 4.90 Å². The monoisotopic (exact) mass is 334 g/mol. The lowest BCUT2D eigenvalue weighted by Gasteiger charge is -2.35. The van der Waals surface area contributed by atoms with E-state index in [-0.39, 0.29) is 11.7 Å². The maximum atomic E-state index is 13.2. The Labute approximate surface area is 138 Å². The van der Waals surface area contributed by atoms with E-state index in [9.17, 15) is 14.3 Å². The van der Waals surface area contributed by atoms with Crippen LogP contribution in [-0.4, -0.2) is 53.5 Å². The summed E-state index contributed by atoms with van der Waals surface area (Å²) in [6.07, 6.45) is -0.717. The molecular weight excluding hydrogens is 315 g/mol. The number of β-amino-alcohol motifs (C(OH)–C–C–N with tert-alkyl or cyclic N) is 1. The van der Waals surface area contributed by atoms with Crippen molar-refractivity contribution in [3.8, 4) is 0 Å². The lowest BCUT2D eigenvalue weighted by molar-refractivity contribution is 0.0531. The van der Waals surface area contributed by atoms with E-state index in [0.717, 1.165) is 4.88 Å². The maximum Gasteiger partial charge on any atom is 0.264 e. The number of piperazine rings is 1. The Balaban J connectivity index is 1.52. The van der Waals surface area contributed by atoms with Crippen molar-refractivity contribution in [1.29, 1.82) is 0 Å². The third kappa shape index (κ3) is 3.96. The number of carbonyl (C=O) groups is 1. The molecule has 2 aromatic rings. The van der Waals surface area contributed by atoms with Gasteiger partial charge in [0.05, 0.1) is 11.0 Å². The van der Waals surface area contributed by atoms with E-state index in [4.69, 9.17) is 0 Å². The molecule has 0 saturated carbocycles. The van der Waals surface area contributed by atoms with Crippen LogP contribution in [0.5, 0.6) is 0 Å². The van der Waals surface area contributed by atoms with Gasteiger partial charge < -0.3 is 10.0 Å². The average Bonchev–Trinajstić information content (AvgIpc) is 3.09. The summed E-state index contributed by atoms with van der Waals surface area (Å²) in [6, 6.07) is 9.78. The van der Waals surface area contributed by atoms with Crippen molar-refractivity contribution < 1.29 is 14.3 Å². The Bertz CT molecular complexity index is 654. The van der Waals surface area contributed by atoms with Gasteiger partial charge in [0, 0.05) is 32.7 Å². The highest BCUT2D eigenvalue weighted by Gasteiger charge is 2.24. The number of amides is 1. The third-order valence-corrected chi connectivity index (χ3v) is 4.91. The van der Waals surface area contributed by atoms with Crippen molar-refractivity contribution >= 4 is 17.2 Å². The summed E-state index contributed by atoms with van der Waals surface area (Å²) < 4.78 is 13.2. The van der Waals surface area contributed by atoms with Crippen molar-refractivity contribution in [2.24, 2.45) is 0 Å². The fourth-order valence-corrected chi connectivity index (χ4v) is 3.44. The van der Waals surface area contributed by atoms with Crippen molar-refractivity contribution in [2.75, 3.05) is 32.7 Å². The van der Waals surface area contributed by atoms with Crippen LogP contribution in [0.15, 0.2) is 41.8 Å². The van der Waals surface area contributed by atoms with Crippen LogP contribution in [0.3, 0.4) is 0 Å². The molecule has 0 unspecified atom stereocenters. The minimum atomic E-state index is -0.717. The molecule has 1 fully saturated rings. The number of aliphatic hydroxyl groups excluding tert-OH is 1. The molecule has 0 spiro atoms. The lowest BCUT2D eigenvalue weighted by Crippen LogP contribution is -2.49. The van der Waals surface area contributed by atoms with Crippen LogP contribution in [0, 0.1) is 5.82 Å². The first-order valence-electron chi connectivity index (χ1n) is 7.62. The Morgan fingerprint density at radius 1 is 1.22 bits per heavy atom. The van der Waals surface area contributed by atoms with Crippen molar-refractivity contribution in [2.45, 2.75) is 6.10 Å². The van der Waals surface area contributed by atoms with Crippen LogP contribution >= 0.6 is 11.3 Å². The molecule has 1 aliphatic heterocycles. The van der Waals surface area contributed by atoms with Crippen molar-refractivity contribution in [1.82, 2.24) is 9.80 Å². The average molecular weight is 334 g/mol. The zero-order valence-electron chi connectivity index (χ0n) is 12.7. The van der Waals surface area contributed by atoms with Crippen LogP contribution in [0.1, 0.15) is 21.3 Å². The van der Waals surface area contributed by atoms with Gasteiger partial charge in [-0.3, -0.25) is 9.69 Å². The Kier molecular flexibility index (Phi) is 5.05. The summed E-state index contributed by atoms with van der Waals surface area (Å²) >= 11 is 1.45. The van der Waals surface area contributed by atoms with Crippen LogP contribution in [0.25, 0.3) is 0 Å². The normalized spacial score (nSPS) is 17.2. The van der Waals surface area contributed by atoms with Gasteiger partial charge in [-0.2, -0.15) is 0 Å². The molecule has 0 aliphatic carbocycles. The number of halogens is 1. The number of rotatable bonds is 4. The standard InChI is InChI=1S/C17H19FN2O2S/c18-14-4-1-3-13(11-14)15(21)12-19-6-8-20(9-7-19)17(22)16-5-2-10-23-16/h1-5,10-11,15,21H,6-9,12H2/t15-/m1/s1. The second kappa shape index (κ2) is 7.21. The lowest BCUT2D eigenvalue weighted by atomic mass is 10.1. The van der Waals surface area contributed by atoms with Gasteiger partial charge in [-0.25, -0.2) is 4.39 Å². The van der Waals surface area contributed by atoms with Gasteiger partial charge >= 0.3 is 0 Å². The zero-order chi connectivity index (χ0) is 16.2. The topological polar surface area (TPSA) is 43.8 Å². The van der Waals surface area contributed by atoms with E-state index in [1.165, 1.54) is 23.5 Å². The summed E-state index contributed by atoms with van der Waals surface area (Å²) in [7, 11) is 0. The number of hydrogen-bond acceptors (Lipinski definition) is 4. The first-order valence-corrected chi connectivity index (χ1v) is 8.50. The second-order valence-electron chi connectivity index (χ2n) is 5.64. The van der Waals surface area contributed by atoms with Crippen LogP contribution in [0.2, 0.25) is 0 Å². The van der Waals surface area contributed by atoms with Gasteiger partial charge in [-0.15, -0.1) is 11.3 Å². The van der Waals surface area contributed by atoms with E-state index in [1.807, 2.05) is 22.4 Å². The van der Waals surface area contributed by atoms with Crippen molar-refractivity contribution in [3.05, 3.63) is 58.0 Å². The number of hydrogen-bond donors (Lipinski definition) is 1. The molecular formula is C17H19FN2O2S. The van der Waals surface area contributed by atoms with Gasteiger partial charge in [-0.05, 0) is 29.1 Å². The van der Waals surface area contributed by atoms with E-state index >= 15 is 0 Å². The quantitative estimate of drug-likeness (QED) is 0.934. The summed E-state index contributed by atoms with van der Waals surface area (Å²) in [4.78, 5) is 17.0. The predicted molar refractivity (Wildman–Crippen MR) is 88.0 cm³/mol. The predicted octanol–water partition coefficient (Wildman–Crippen LogP) is 2.38. The first kappa shape index (κ1) is 16.1. The van der Waals surface area contributed by atoms with Crippen molar-refractivity contribution in [3.63, 3.8) is 0 Å². The second-order valence-corrected chi connectivity index (χ2v) is 6.59. The molecule has 23 heavy (non-hydrogen) atoms. The van der Waals surface area contributed by atoms with Gasteiger partial charge in [0.15, 0.2) is 0 Å². The molecule has 3 rings (SSSR count). The fraction of sp³-hybridized carbons (Fsp3) is 0.353. The molecule has 1 amide bonds. The number of carbonyl (C=O) groups excluding carboxylic acids is 1. The Morgan fingerprint density at radius 2 is 2.00 bits per heavy atom.